The molecule has 0 amide bonds. The summed E-state index contributed by atoms with van der Waals surface area (Å²) < 4.78 is 6.10. The average molecular weight is 212 g/mol. The summed E-state index contributed by atoms with van der Waals surface area (Å²) in [7, 11) is 0. The zero-order chi connectivity index (χ0) is 10.7. The average Bonchev–Trinajstić information content (AvgIpc) is 2.31. The van der Waals surface area contributed by atoms with Crippen molar-refractivity contribution in [1.82, 2.24) is 9.80 Å². The van der Waals surface area contributed by atoms with Crippen LogP contribution in [0, 0.1) is 0 Å². The minimum atomic E-state index is 0.0959. The quantitative estimate of drug-likeness (QED) is 0.690. The van der Waals surface area contributed by atoms with Crippen molar-refractivity contribution in [3.63, 3.8) is 0 Å². The van der Waals surface area contributed by atoms with E-state index in [1.54, 1.807) is 0 Å². The fourth-order valence-corrected chi connectivity index (χ4v) is 2.94. The molecule has 2 heterocycles. The Balaban J connectivity index is 1.99. The van der Waals surface area contributed by atoms with E-state index in [0.717, 1.165) is 13.2 Å². The fourth-order valence-electron chi connectivity index (χ4n) is 2.94. The molecular formula is C12H24N2O. The maximum atomic E-state index is 6.10. The molecule has 1 spiro atoms. The van der Waals surface area contributed by atoms with Crippen molar-refractivity contribution >= 4 is 0 Å². The summed E-state index contributed by atoms with van der Waals surface area (Å²) in [4.78, 5) is 5.07. The first-order valence-electron chi connectivity index (χ1n) is 6.42. The third-order valence-corrected chi connectivity index (χ3v) is 3.99. The Morgan fingerprint density at radius 2 is 1.80 bits per heavy atom. The summed E-state index contributed by atoms with van der Waals surface area (Å²) in [5.74, 6) is 0. The van der Waals surface area contributed by atoms with Crippen molar-refractivity contribution in [3.8, 4) is 0 Å². The van der Waals surface area contributed by atoms with Crippen LogP contribution in [0.1, 0.15) is 33.1 Å². The highest BCUT2D eigenvalue weighted by Crippen LogP contribution is 2.32. The minimum Gasteiger partial charge on any atom is -0.360 e. The SMILES string of the molecule is CCN1CCC2(CC1)OCCCN2CC. The maximum Gasteiger partial charge on any atom is 0.124 e. The Bertz CT molecular complexity index is 200. The number of likely N-dealkylation sites (tertiary alicyclic amines) is 1. The minimum absolute atomic E-state index is 0.0959. The van der Waals surface area contributed by atoms with Crippen molar-refractivity contribution < 1.29 is 4.74 Å². The van der Waals surface area contributed by atoms with Crippen LogP contribution in [0.4, 0.5) is 0 Å². The molecule has 2 saturated heterocycles. The van der Waals surface area contributed by atoms with Gasteiger partial charge in [-0.05, 0) is 19.5 Å². The maximum absolute atomic E-state index is 6.10. The molecule has 0 aromatic carbocycles. The summed E-state index contributed by atoms with van der Waals surface area (Å²) in [6, 6.07) is 0. The van der Waals surface area contributed by atoms with Crippen LogP contribution in [0.25, 0.3) is 0 Å². The van der Waals surface area contributed by atoms with E-state index in [2.05, 4.69) is 23.6 Å². The molecule has 2 rings (SSSR count). The van der Waals surface area contributed by atoms with Gasteiger partial charge in [0, 0.05) is 32.5 Å². The normalized spacial score (nSPS) is 28.4. The van der Waals surface area contributed by atoms with Gasteiger partial charge in [0.25, 0.3) is 0 Å². The zero-order valence-corrected chi connectivity index (χ0v) is 10.2. The third kappa shape index (κ3) is 2.19. The van der Waals surface area contributed by atoms with Crippen LogP contribution >= 0.6 is 0 Å². The number of ether oxygens (including phenoxy) is 1. The molecule has 0 aromatic rings. The molecule has 88 valence electrons. The highest BCUT2D eigenvalue weighted by atomic mass is 16.5. The van der Waals surface area contributed by atoms with Gasteiger partial charge in [-0.1, -0.05) is 13.8 Å². The molecule has 0 saturated carbocycles. The highest BCUT2D eigenvalue weighted by Gasteiger charge is 2.41. The second-order valence-corrected chi connectivity index (χ2v) is 4.66. The fraction of sp³-hybridized carbons (Fsp3) is 1.00. The van der Waals surface area contributed by atoms with E-state index < -0.39 is 0 Å². The van der Waals surface area contributed by atoms with Crippen molar-refractivity contribution in [3.05, 3.63) is 0 Å². The van der Waals surface area contributed by atoms with Gasteiger partial charge in [-0.15, -0.1) is 0 Å². The van der Waals surface area contributed by atoms with Gasteiger partial charge in [0.1, 0.15) is 5.72 Å². The predicted molar refractivity (Wildman–Crippen MR) is 61.9 cm³/mol. The number of hydrogen-bond acceptors (Lipinski definition) is 3. The Hall–Kier alpha value is -0.120. The van der Waals surface area contributed by atoms with E-state index in [1.807, 2.05) is 0 Å². The smallest absolute Gasteiger partial charge is 0.124 e. The molecule has 2 fully saturated rings. The lowest BCUT2D eigenvalue weighted by Gasteiger charge is -2.50. The van der Waals surface area contributed by atoms with E-state index in [9.17, 15) is 0 Å². The van der Waals surface area contributed by atoms with Gasteiger partial charge in [0.05, 0.1) is 6.61 Å². The molecule has 0 bridgehead atoms. The standard InChI is InChI=1S/C12H24N2O/c1-3-13-9-6-12(7-10-13)14(4-2)8-5-11-15-12/h3-11H2,1-2H3. The van der Waals surface area contributed by atoms with Crippen LogP contribution in [-0.2, 0) is 4.74 Å². The van der Waals surface area contributed by atoms with Gasteiger partial charge in [-0.2, -0.15) is 0 Å². The third-order valence-electron chi connectivity index (χ3n) is 3.99. The molecule has 2 aliphatic rings. The lowest BCUT2D eigenvalue weighted by Crippen LogP contribution is -2.59. The molecule has 3 nitrogen and oxygen atoms in total. The molecule has 0 N–H and O–H groups in total. The topological polar surface area (TPSA) is 15.7 Å². The van der Waals surface area contributed by atoms with Crippen LogP contribution in [0.5, 0.6) is 0 Å². The summed E-state index contributed by atoms with van der Waals surface area (Å²) in [5.41, 5.74) is 0.0959. The molecule has 0 atom stereocenters. The molecule has 0 unspecified atom stereocenters. The lowest BCUT2D eigenvalue weighted by molar-refractivity contribution is -0.207. The molecule has 0 radical (unpaired) electrons. The van der Waals surface area contributed by atoms with Crippen molar-refractivity contribution in [2.24, 2.45) is 0 Å². The molecule has 3 heteroatoms. The Morgan fingerprint density at radius 1 is 1.07 bits per heavy atom. The summed E-state index contributed by atoms with van der Waals surface area (Å²) >= 11 is 0. The molecule has 2 aliphatic heterocycles. The second-order valence-electron chi connectivity index (χ2n) is 4.66. The Morgan fingerprint density at radius 3 is 2.40 bits per heavy atom. The van der Waals surface area contributed by atoms with E-state index >= 15 is 0 Å². The number of piperidine rings is 1. The van der Waals surface area contributed by atoms with Crippen LogP contribution < -0.4 is 0 Å². The number of hydrogen-bond donors (Lipinski definition) is 0. The Kier molecular flexibility index (Phi) is 3.65. The first-order chi connectivity index (χ1) is 7.30. The second kappa shape index (κ2) is 4.81. The summed E-state index contributed by atoms with van der Waals surface area (Å²) in [6.07, 6.45) is 3.58. The van der Waals surface area contributed by atoms with Crippen LogP contribution in [-0.4, -0.2) is 54.9 Å². The van der Waals surface area contributed by atoms with E-state index in [4.69, 9.17) is 4.74 Å². The zero-order valence-electron chi connectivity index (χ0n) is 10.2. The summed E-state index contributed by atoms with van der Waals surface area (Å²) in [5, 5.41) is 0. The van der Waals surface area contributed by atoms with Crippen LogP contribution in [0.15, 0.2) is 0 Å². The van der Waals surface area contributed by atoms with Gasteiger partial charge in [0.15, 0.2) is 0 Å². The van der Waals surface area contributed by atoms with E-state index in [-0.39, 0.29) is 5.72 Å². The van der Waals surface area contributed by atoms with Gasteiger partial charge < -0.3 is 9.64 Å². The number of nitrogens with zero attached hydrogens (tertiary/aromatic N) is 2. The van der Waals surface area contributed by atoms with E-state index in [1.165, 1.54) is 45.4 Å². The molecule has 15 heavy (non-hydrogen) atoms. The predicted octanol–water partition coefficient (Wildman–Crippen LogP) is 1.54. The Labute approximate surface area is 93.4 Å². The molecule has 0 aliphatic carbocycles. The van der Waals surface area contributed by atoms with Gasteiger partial charge in [-0.3, -0.25) is 4.90 Å². The monoisotopic (exact) mass is 212 g/mol. The highest BCUT2D eigenvalue weighted by molar-refractivity contribution is 4.89. The van der Waals surface area contributed by atoms with Gasteiger partial charge in [0.2, 0.25) is 0 Å². The molecule has 0 aromatic heterocycles. The van der Waals surface area contributed by atoms with Crippen LogP contribution in [0.3, 0.4) is 0 Å². The van der Waals surface area contributed by atoms with E-state index in [0.29, 0.717) is 0 Å². The van der Waals surface area contributed by atoms with Crippen molar-refractivity contribution in [2.75, 3.05) is 39.3 Å². The first-order valence-corrected chi connectivity index (χ1v) is 6.42. The summed E-state index contributed by atoms with van der Waals surface area (Å²) in [6.45, 7) is 11.4. The largest absolute Gasteiger partial charge is 0.360 e. The van der Waals surface area contributed by atoms with Crippen LogP contribution in [0.2, 0.25) is 0 Å². The van der Waals surface area contributed by atoms with Gasteiger partial charge >= 0.3 is 0 Å². The van der Waals surface area contributed by atoms with Crippen molar-refractivity contribution in [2.45, 2.75) is 38.8 Å². The van der Waals surface area contributed by atoms with Gasteiger partial charge in [-0.25, -0.2) is 0 Å². The number of rotatable bonds is 2. The molecular weight excluding hydrogens is 188 g/mol. The van der Waals surface area contributed by atoms with Crippen molar-refractivity contribution in [1.29, 1.82) is 0 Å². The first kappa shape index (κ1) is 11.4. The lowest BCUT2D eigenvalue weighted by atomic mass is 9.96.